The number of carbonyl (C=O) groups excluding carboxylic acids is 1. The highest BCUT2D eigenvalue weighted by Gasteiger charge is 2.43. The number of hydrogen-bond acceptors (Lipinski definition) is 2. The Morgan fingerprint density at radius 3 is 2.40 bits per heavy atom. The van der Waals surface area contributed by atoms with E-state index >= 15 is 0 Å². The van der Waals surface area contributed by atoms with Gasteiger partial charge in [0.15, 0.2) is 0 Å². The van der Waals surface area contributed by atoms with Crippen LogP contribution in [0.15, 0.2) is 0 Å². The summed E-state index contributed by atoms with van der Waals surface area (Å²) in [4.78, 5) is 17.9. The molecule has 2 saturated heterocycles. The Balaban J connectivity index is 1.98. The number of hydrogen-bond donors (Lipinski definition) is 0. The molecule has 4 heteroatoms. The van der Waals surface area contributed by atoms with E-state index in [0.29, 0.717) is 5.41 Å². The summed E-state index contributed by atoms with van der Waals surface area (Å²) in [6.07, 6.45) is 2.43. The summed E-state index contributed by atoms with van der Waals surface area (Å²) in [6, 6.07) is 0.168. The number of carbonyl (C=O) groups is 1. The molecule has 0 aromatic carbocycles. The molecule has 0 aromatic rings. The summed E-state index contributed by atoms with van der Waals surface area (Å²) in [6.45, 7) is 4.23. The normalized spacial score (nSPS) is 31.5. The summed E-state index contributed by atoms with van der Waals surface area (Å²) in [5.74, 6) is 0. The molecule has 15 heavy (non-hydrogen) atoms. The Morgan fingerprint density at radius 1 is 1.20 bits per heavy atom. The van der Waals surface area contributed by atoms with E-state index in [2.05, 4.69) is 11.9 Å². The lowest BCUT2D eigenvalue weighted by molar-refractivity contribution is 0.174. The van der Waals surface area contributed by atoms with Crippen LogP contribution in [0.4, 0.5) is 4.79 Å². The molecule has 0 aromatic heterocycles. The first-order chi connectivity index (χ1) is 7.02. The minimum absolute atomic E-state index is 0.168. The largest absolute Gasteiger partial charge is 0.331 e. The fourth-order valence-electron chi connectivity index (χ4n) is 2.87. The van der Waals surface area contributed by atoms with E-state index in [4.69, 9.17) is 0 Å². The summed E-state index contributed by atoms with van der Waals surface area (Å²) >= 11 is 0. The maximum absolute atomic E-state index is 11.8. The van der Waals surface area contributed by atoms with Crippen LogP contribution in [0.25, 0.3) is 0 Å². The molecule has 0 bridgehead atoms. The van der Waals surface area contributed by atoms with E-state index in [1.165, 1.54) is 19.4 Å². The summed E-state index contributed by atoms with van der Waals surface area (Å²) < 4.78 is 0. The van der Waals surface area contributed by atoms with Crippen molar-refractivity contribution in [2.24, 2.45) is 5.41 Å². The van der Waals surface area contributed by atoms with Gasteiger partial charge in [0.05, 0.1) is 0 Å². The van der Waals surface area contributed by atoms with E-state index in [1.807, 2.05) is 19.0 Å². The fraction of sp³-hybridized carbons (Fsp3) is 0.909. The molecule has 1 spiro atoms. The van der Waals surface area contributed by atoms with Gasteiger partial charge in [-0.05, 0) is 26.4 Å². The van der Waals surface area contributed by atoms with E-state index in [9.17, 15) is 4.79 Å². The van der Waals surface area contributed by atoms with Crippen molar-refractivity contribution in [3.8, 4) is 0 Å². The van der Waals surface area contributed by atoms with Gasteiger partial charge in [-0.25, -0.2) is 4.79 Å². The molecule has 0 N–H and O–H groups in total. The monoisotopic (exact) mass is 211 g/mol. The Kier molecular flexibility index (Phi) is 2.63. The van der Waals surface area contributed by atoms with Crippen molar-refractivity contribution in [2.45, 2.75) is 12.8 Å². The van der Waals surface area contributed by atoms with Crippen LogP contribution in [0.1, 0.15) is 12.8 Å². The first-order valence-corrected chi connectivity index (χ1v) is 5.67. The van der Waals surface area contributed by atoms with Crippen molar-refractivity contribution in [2.75, 3.05) is 47.3 Å². The molecule has 0 saturated carbocycles. The second-order valence-electron chi connectivity index (χ2n) is 5.34. The van der Waals surface area contributed by atoms with Gasteiger partial charge in [0.2, 0.25) is 0 Å². The van der Waals surface area contributed by atoms with Crippen LogP contribution in [0.2, 0.25) is 0 Å². The molecule has 0 radical (unpaired) electrons. The van der Waals surface area contributed by atoms with Gasteiger partial charge in [-0.1, -0.05) is 0 Å². The second kappa shape index (κ2) is 3.67. The number of likely N-dealkylation sites (tertiary alicyclic amines) is 2. The van der Waals surface area contributed by atoms with Crippen LogP contribution in [-0.4, -0.2) is 68.1 Å². The Labute approximate surface area is 91.8 Å². The van der Waals surface area contributed by atoms with Crippen molar-refractivity contribution in [1.82, 2.24) is 14.7 Å². The zero-order valence-electron chi connectivity index (χ0n) is 9.99. The van der Waals surface area contributed by atoms with Gasteiger partial charge < -0.3 is 14.7 Å². The molecule has 2 heterocycles. The number of amides is 2. The average Bonchev–Trinajstić information content (AvgIpc) is 2.74. The highest BCUT2D eigenvalue weighted by molar-refractivity contribution is 5.74. The Morgan fingerprint density at radius 2 is 1.87 bits per heavy atom. The first-order valence-electron chi connectivity index (χ1n) is 5.67. The van der Waals surface area contributed by atoms with Crippen molar-refractivity contribution < 1.29 is 4.79 Å². The predicted octanol–water partition coefficient (Wildman–Crippen LogP) is 0.696. The third kappa shape index (κ3) is 1.95. The smallest absolute Gasteiger partial charge is 0.319 e. The van der Waals surface area contributed by atoms with Crippen LogP contribution >= 0.6 is 0 Å². The summed E-state index contributed by atoms with van der Waals surface area (Å²) in [5.41, 5.74) is 0.403. The SMILES string of the molecule is CN1CCC2(CCN(C(=O)N(C)C)C2)C1. The second-order valence-corrected chi connectivity index (χ2v) is 5.34. The fourth-order valence-corrected chi connectivity index (χ4v) is 2.87. The van der Waals surface area contributed by atoms with Gasteiger partial charge >= 0.3 is 6.03 Å². The molecule has 86 valence electrons. The maximum atomic E-state index is 11.8. The Bertz CT molecular complexity index is 267. The van der Waals surface area contributed by atoms with Gasteiger partial charge in [0, 0.05) is 39.1 Å². The molecule has 1 unspecified atom stereocenters. The highest BCUT2D eigenvalue weighted by atomic mass is 16.2. The number of rotatable bonds is 0. The number of nitrogens with zero attached hydrogens (tertiary/aromatic N) is 3. The van der Waals surface area contributed by atoms with E-state index in [1.54, 1.807) is 4.90 Å². The molecular weight excluding hydrogens is 190 g/mol. The maximum Gasteiger partial charge on any atom is 0.319 e. The lowest BCUT2D eigenvalue weighted by Crippen LogP contribution is -2.39. The van der Waals surface area contributed by atoms with Crippen molar-refractivity contribution in [1.29, 1.82) is 0 Å². The number of urea groups is 1. The topological polar surface area (TPSA) is 26.8 Å². The zero-order valence-corrected chi connectivity index (χ0v) is 9.99. The molecule has 2 aliphatic rings. The lowest BCUT2D eigenvalue weighted by atomic mass is 9.86. The van der Waals surface area contributed by atoms with Crippen LogP contribution in [0.5, 0.6) is 0 Å². The molecule has 4 nitrogen and oxygen atoms in total. The molecular formula is C11H21N3O. The quantitative estimate of drug-likeness (QED) is 0.589. The van der Waals surface area contributed by atoms with Gasteiger partial charge in [0.1, 0.15) is 0 Å². The minimum Gasteiger partial charge on any atom is -0.331 e. The van der Waals surface area contributed by atoms with Gasteiger partial charge in [0.25, 0.3) is 0 Å². The van der Waals surface area contributed by atoms with E-state index in [-0.39, 0.29) is 6.03 Å². The molecule has 2 amide bonds. The van der Waals surface area contributed by atoms with Crippen LogP contribution in [0.3, 0.4) is 0 Å². The lowest BCUT2D eigenvalue weighted by Gasteiger charge is -2.25. The third-order valence-electron chi connectivity index (χ3n) is 3.72. The molecule has 2 aliphatic heterocycles. The minimum atomic E-state index is 0.168. The van der Waals surface area contributed by atoms with Crippen molar-refractivity contribution in [3.63, 3.8) is 0 Å². The van der Waals surface area contributed by atoms with E-state index < -0.39 is 0 Å². The molecule has 0 aliphatic carbocycles. The standard InChI is InChI=1S/C11H21N3O/c1-12(2)10(15)14-7-5-11(9-14)4-6-13(3)8-11/h4-9H2,1-3H3. The third-order valence-corrected chi connectivity index (χ3v) is 3.72. The first kappa shape index (κ1) is 10.7. The molecule has 1 atom stereocenters. The van der Waals surface area contributed by atoms with Gasteiger partial charge in [-0.2, -0.15) is 0 Å². The molecule has 2 rings (SSSR count). The van der Waals surface area contributed by atoms with Gasteiger partial charge in [-0.15, -0.1) is 0 Å². The highest BCUT2D eigenvalue weighted by Crippen LogP contribution is 2.38. The van der Waals surface area contributed by atoms with Crippen LogP contribution < -0.4 is 0 Å². The van der Waals surface area contributed by atoms with E-state index in [0.717, 1.165) is 19.6 Å². The van der Waals surface area contributed by atoms with Gasteiger partial charge in [-0.3, -0.25) is 0 Å². The summed E-state index contributed by atoms with van der Waals surface area (Å²) in [5, 5.41) is 0. The van der Waals surface area contributed by atoms with Crippen molar-refractivity contribution in [3.05, 3.63) is 0 Å². The zero-order chi connectivity index (χ0) is 11.1. The van der Waals surface area contributed by atoms with Crippen LogP contribution in [0, 0.1) is 5.41 Å². The van der Waals surface area contributed by atoms with Crippen LogP contribution in [-0.2, 0) is 0 Å². The summed E-state index contributed by atoms with van der Waals surface area (Å²) in [7, 11) is 5.83. The molecule has 2 fully saturated rings. The average molecular weight is 211 g/mol. The predicted molar refractivity (Wildman–Crippen MR) is 59.8 cm³/mol. The van der Waals surface area contributed by atoms with Crippen molar-refractivity contribution >= 4 is 6.03 Å². The Hall–Kier alpha value is -0.770.